The van der Waals surface area contributed by atoms with E-state index in [1.807, 2.05) is 6.92 Å². The number of hydrogen-bond acceptors (Lipinski definition) is 2. The molecule has 3 N–H and O–H groups in total. The van der Waals surface area contributed by atoms with Gasteiger partial charge in [-0.05, 0) is 25.7 Å². The minimum atomic E-state index is -0.756. The van der Waals surface area contributed by atoms with Crippen molar-refractivity contribution in [1.82, 2.24) is 10.6 Å². The predicted molar refractivity (Wildman–Crippen MR) is 55.6 cm³/mol. The van der Waals surface area contributed by atoms with Gasteiger partial charge in [0.25, 0.3) is 0 Å². The van der Waals surface area contributed by atoms with Crippen LogP contribution in [0.2, 0.25) is 0 Å². The highest BCUT2D eigenvalue weighted by molar-refractivity contribution is 5.75. The fourth-order valence-corrected chi connectivity index (χ4v) is 1.81. The number of aliphatic carboxylic acids is 1. The van der Waals surface area contributed by atoms with Crippen LogP contribution in [-0.4, -0.2) is 29.7 Å². The van der Waals surface area contributed by atoms with Crippen molar-refractivity contribution in [3.05, 3.63) is 0 Å². The zero-order valence-electron chi connectivity index (χ0n) is 8.95. The first-order valence-corrected chi connectivity index (χ1v) is 5.40. The lowest BCUT2D eigenvalue weighted by atomic mass is 10.1. The Bertz CT molecular complexity index is 243. The molecule has 1 aliphatic rings. The number of nitrogens with one attached hydrogen (secondary N) is 2. The SMILES string of the molecule is CCCNC(=O)N[C@H]1CC[C@@H](C(=O)O)C1. The van der Waals surface area contributed by atoms with Crippen LogP contribution in [0, 0.1) is 5.92 Å². The molecule has 2 amide bonds. The van der Waals surface area contributed by atoms with Gasteiger partial charge in [-0.2, -0.15) is 0 Å². The van der Waals surface area contributed by atoms with E-state index in [2.05, 4.69) is 10.6 Å². The van der Waals surface area contributed by atoms with Crippen molar-refractivity contribution in [2.24, 2.45) is 5.92 Å². The van der Waals surface area contributed by atoms with Gasteiger partial charge in [0.05, 0.1) is 5.92 Å². The van der Waals surface area contributed by atoms with E-state index in [4.69, 9.17) is 5.11 Å². The van der Waals surface area contributed by atoms with Crippen molar-refractivity contribution >= 4 is 12.0 Å². The van der Waals surface area contributed by atoms with Crippen molar-refractivity contribution in [3.63, 3.8) is 0 Å². The van der Waals surface area contributed by atoms with Gasteiger partial charge < -0.3 is 15.7 Å². The number of carboxylic acids is 1. The molecule has 5 nitrogen and oxygen atoms in total. The zero-order valence-corrected chi connectivity index (χ0v) is 8.95. The van der Waals surface area contributed by atoms with E-state index < -0.39 is 5.97 Å². The second kappa shape index (κ2) is 5.58. The van der Waals surface area contributed by atoms with Crippen molar-refractivity contribution in [1.29, 1.82) is 0 Å². The summed E-state index contributed by atoms with van der Waals surface area (Å²) in [5.41, 5.74) is 0. The molecule has 0 radical (unpaired) electrons. The van der Waals surface area contributed by atoms with Crippen molar-refractivity contribution in [3.8, 4) is 0 Å². The average molecular weight is 214 g/mol. The molecule has 15 heavy (non-hydrogen) atoms. The molecule has 0 aliphatic heterocycles. The van der Waals surface area contributed by atoms with Crippen LogP contribution in [0.25, 0.3) is 0 Å². The van der Waals surface area contributed by atoms with E-state index in [1.54, 1.807) is 0 Å². The van der Waals surface area contributed by atoms with Gasteiger partial charge in [-0.3, -0.25) is 4.79 Å². The van der Waals surface area contributed by atoms with Gasteiger partial charge in [0.1, 0.15) is 0 Å². The number of carbonyl (C=O) groups excluding carboxylic acids is 1. The van der Waals surface area contributed by atoms with Gasteiger partial charge in [-0.1, -0.05) is 6.92 Å². The molecular formula is C10H18N2O3. The van der Waals surface area contributed by atoms with E-state index >= 15 is 0 Å². The fourth-order valence-electron chi connectivity index (χ4n) is 1.81. The first-order valence-electron chi connectivity index (χ1n) is 5.40. The second-order valence-corrected chi connectivity index (χ2v) is 3.95. The van der Waals surface area contributed by atoms with Crippen LogP contribution in [0.4, 0.5) is 4.79 Å². The number of rotatable bonds is 4. The molecule has 1 rings (SSSR count). The molecule has 86 valence electrons. The van der Waals surface area contributed by atoms with Crippen LogP contribution in [0.1, 0.15) is 32.6 Å². The summed E-state index contributed by atoms with van der Waals surface area (Å²) in [6.07, 6.45) is 2.87. The number of hydrogen-bond donors (Lipinski definition) is 3. The minimum absolute atomic E-state index is 0.0166. The molecular weight excluding hydrogens is 196 g/mol. The van der Waals surface area contributed by atoms with Crippen molar-refractivity contribution in [2.75, 3.05) is 6.54 Å². The second-order valence-electron chi connectivity index (χ2n) is 3.95. The summed E-state index contributed by atoms with van der Waals surface area (Å²) in [7, 11) is 0. The number of carboxylic acid groups (broad SMARTS) is 1. The molecule has 1 saturated carbocycles. The van der Waals surface area contributed by atoms with Crippen molar-refractivity contribution < 1.29 is 14.7 Å². The van der Waals surface area contributed by atoms with Crippen LogP contribution >= 0.6 is 0 Å². The van der Waals surface area contributed by atoms with Crippen LogP contribution in [0.5, 0.6) is 0 Å². The van der Waals surface area contributed by atoms with E-state index in [1.165, 1.54) is 0 Å². The minimum Gasteiger partial charge on any atom is -0.481 e. The first kappa shape index (κ1) is 11.8. The molecule has 0 bridgehead atoms. The van der Waals surface area contributed by atoms with E-state index in [0.717, 1.165) is 12.8 Å². The topological polar surface area (TPSA) is 78.4 Å². The van der Waals surface area contributed by atoms with E-state index in [9.17, 15) is 9.59 Å². The summed E-state index contributed by atoms with van der Waals surface area (Å²) in [5, 5.41) is 14.3. The third-order valence-corrected chi connectivity index (χ3v) is 2.65. The molecule has 0 aromatic rings. The molecule has 1 fully saturated rings. The lowest BCUT2D eigenvalue weighted by Gasteiger charge is -2.12. The number of amides is 2. The highest BCUT2D eigenvalue weighted by Gasteiger charge is 2.30. The monoisotopic (exact) mass is 214 g/mol. The Kier molecular flexibility index (Phi) is 4.39. The van der Waals surface area contributed by atoms with Gasteiger partial charge in [0, 0.05) is 12.6 Å². The molecule has 0 aromatic heterocycles. The zero-order chi connectivity index (χ0) is 11.3. The molecule has 0 spiro atoms. The molecule has 0 saturated heterocycles. The summed E-state index contributed by atoms with van der Waals surface area (Å²) in [5.74, 6) is -1.05. The van der Waals surface area contributed by atoms with Crippen LogP contribution in [0.15, 0.2) is 0 Å². The average Bonchev–Trinajstić information content (AvgIpc) is 2.63. The summed E-state index contributed by atoms with van der Waals surface area (Å²) >= 11 is 0. The maximum absolute atomic E-state index is 11.3. The summed E-state index contributed by atoms with van der Waals surface area (Å²) < 4.78 is 0. The van der Waals surface area contributed by atoms with Crippen LogP contribution in [-0.2, 0) is 4.79 Å². The number of carbonyl (C=O) groups is 2. The Morgan fingerprint density at radius 3 is 2.67 bits per heavy atom. The van der Waals surface area contributed by atoms with E-state index in [-0.39, 0.29) is 18.0 Å². The highest BCUT2D eigenvalue weighted by Crippen LogP contribution is 2.25. The van der Waals surface area contributed by atoms with Gasteiger partial charge in [0.2, 0.25) is 0 Å². The molecule has 0 heterocycles. The normalized spacial score (nSPS) is 24.9. The lowest BCUT2D eigenvalue weighted by Crippen LogP contribution is -2.41. The Hall–Kier alpha value is -1.26. The molecule has 1 aliphatic carbocycles. The standard InChI is InChI=1S/C10H18N2O3/c1-2-5-11-10(15)12-8-4-3-7(6-8)9(13)14/h7-8H,2-6H2,1H3,(H,13,14)(H2,11,12,15)/t7-,8+/m1/s1. The molecule has 0 aromatic carbocycles. The molecule has 0 unspecified atom stereocenters. The Morgan fingerprint density at radius 1 is 1.40 bits per heavy atom. The summed E-state index contributed by atoms with van der Waals surface area (Å²) in [6.45, 7) is 2.64. The third-order valence-electron chi connectivity index (χ3n) is 2.65. The highest BCUT2D eigenvalue weighted by atomic mass is 16.4. The number of urea groups is 1. The predicted octanol–water partition coefficient (Wildman–Crippen LogP) is 0.949. The smallest absolute Gasteiger partial charge is 0.315 e. The summed E-state index contributed by atoms with van der Waals surface area (Å²) in [4.78, 5) is 21.9. The fraction of sp³-hybridized carbons (Fsp3) is 0.800. The Morgan fingerprint density at radius 2 is 2.13 bits per heavy atom. The third kappa shape index (κ3) is 3.77. The summed E-state index contributed by atoms with van der Waals surface area (Å²) in [6, 6.07) is -0.171. The van der Waals surface area contributed by atoms with Crippen molar-refractivity contribution in [2.45, 2.75) is 38.6 Å². The van der Waals surface area contributed by atoms with Gasteiger partial charge in [-0.15, -0.1) is 0 Å². The van der Waals surface area contributed by atoms with Gasteiger partial charge in [0.15, 0.2) is 0 Å². The molecule has 2 atom stereocenters. The Balaban J connectivity index is 2.23. The van der Waals surface area contributed by atoms with Gasteiger partial charge in [-0.25, -0.2) is 4.79 Å². The maximum atomic E-state index is 11.3. The quantitative estimate of drug-likeness (QED) is 0.652. The van der Waals surface area contributed by atoms with Crippen LogP contribution < -0.4 is 10.6 Å². The van der Waals surface area contributed by atoms with Crippen LogP contribution in [0.3, 0.4) is 0 Å². The molecule has 5 heteroatoms. The van der Waals surface area contributed by atoms with E-state index in [0.29, 0.717) is 19.4 Å². The maximum Gasteiger partial charge on any atom is 0.315 e. The first-order chi connectivity index (χ1) is 7.13. The Labute approximate surface area is 89.2 Å². The lowest BCUT2D eigenvalue weighted by molar-refractivity contribution is -0.141. The van der Waals surface area contributed by atoms with Gasteiger partial charge >= 0.3 is 12.0 Å². The largest absolute Gasteiger partial charge is 0.481 e.